The minimum Gasteiger partial charge on any atom is -0.478 e. The zero-order valence-corrected chi connectivity index (χ0v) is 14.2. The molecule has 0 spiro atoms. The fourth-order valence-electron chi connectivity index (χ4n) is 2.85. The number of carboxylic acids is 1. The SMILES string of the molecule is CCCCCC(CC)OC(=O)c1c(C(=O)O)ccc2ccccc12. The molecule has 0 aromatic heterocycles. The summed E-state index contributed by atoms with van der Waals surface area (Å²) in [6.07, 6.45) is 4.57. The number of rotatable bonds is 8. The zero-order chi connectivity index (χ0) is 17.5. The van der Waals surface area contributed by atoms with Crippen LogP contribution in [0.2, 0.25) is 0 Å². The van der Waals surface area contributed by atoms with Crippen molar-refractivity contribution in [2.24, 2.45) is 0 Å². The molecule has 128 valence electrons. The lowest BCUT2D eigenvalue weighted by Crippen LogP contribution is -2.20. The maximum absolute atomic E-state index is 12.7. The summed E-state index contributed by atoms with van der Waals surface area (Å²) in [7, 11) is 0. The molecule has 1 unspecified atom stereocenters. The van der Waals surface area contributed by atoms with Crippen LogP contribution in [-0.2, 0) is 4.74 Å². The van der Waals surface area contributed by atoms with Gasteiger partial charge in [-0.3, -0.25) is 0 Å². The van der Waals surface area contributed by atoms with E-state index in [-0.39, 0.29) is 17.2 Å². The average molecular weight is 328 g/mol. The smallest absolute Gasteiger partial charge is 0.339 e. The molecule has 0 radical (unpaired) electrons. The maximum Gasteiger partial charge on any atom is 0.339 e. The molecule has 0 amide bonds. The van der Waals surface area contributed by atoms with Crippen molar-refractivity contribution in [3.63, 3.8) is 0 Å². The molecule has 0 heterocycles. The molecule has 0 saturated heterocycles. The highest BCUT2D eigenvalue weighted by Gasteiger charge is 2.23. The predicted molar refractivity (Wildman–Crippen MR) is 94.5 cm³/mol. The Morgan fingerprint density at radius 3 is 2.50 bits per heavy atom. The fourth-order valence-corrected chi connectivity index (χ4v) is 2.85. The Labute approximate surface area is 142 Å². The van der Waals surface area contributed by atoms with Gasteiger partial charge in [0.1, 0.15) is 6.10 Å². The quantitative estimate of drug-likeness (QED) is 0.544. The van der Waals surface area contributed by atoms with E-state index in [4.69, 9.17) is 4.74 Å². The first-order valence-corrected chi connectivity index (χ1v) is 8.54. The van der Waals surface area contributed by atoms with Gasteiger partial charge in [-0.25, -0.2) is 9.59 Å². The Morgan fingerprint density at radius 2 is 1.83 bits per heavy atom. The Kier molecular flexibility index (Phi) is 6.36. The summed E-state index contributed by atoms with van der Waals surface area (Å²) in [6, 6.07) is 10.5. The van der Waals surface area contributed by atoms with Crippen LogP contribution >= 0.6 is 0 Å². The number of esters is 1. The highest BCUT2D eigenvalue weighted by molar-refractivity contribution is 6.12. The van der Waals surface area contributed by atoms with Gasteiger partial charge in [-0.1, -0.05) is 57.0 Å². The van der Waals surface area contributed by atoms with E-state index in [1.165, 1.54) is 6.07 Å². The van der Waals surface area contributed by atoms with E-state index in [2.05, 4.69) is 6.92 Å². The molecule has 0 aliphatic heterocycles. The van der Waals surface area contributed by atoms with Crippen molar-refractivity contribution in [2.75, 3.05) is 0 Å². The molecule has 0 bridgehead atoms. The van der Waals surface area contributed by atoms with E-state index in [0.29, 0.717) is 5.39 Å². The van der Waals surface area contributed by atoms with Crippen LogP contribution in [0.1, 0.15) is 66.7 Å². The second-order valence-electron chi connectivity index (χ2n) is 5.95. The molecular weight excluding hydrogens is 304 g/mol. The Hall–Kier alpha value is -2.36. The van der Waals surface area contributed by atoms with Gasteiger partial charge in [0.05, 0.1) is 11.1 Å². The van der Waals surface area contributed by atoms with E-state index in [1.54, 1.807) is 18.2 Å². The van der Waals surface area contributed by atoms with Crippen LogP contribution in [0.5, 0.6) is 0 Å². The maximum atomic E-state index is 12.7. The first kappa shape index (κ1) is 18.0. The molecule has 2 rings (SSSR count). The minimum atomic E-state index is -1.12. The Morgan fingerprint density at radius 1 is 1.08 bits per heavy atom. The Balaban J connectivity index is 2.33. The lowest BCUT2D eigenvalue weighted by Gasteiger charge is -2.18. The summed E-state index contributed by atoms with van der Waals surface area (Å²) in [5, 5.41) is 10.9. The van der Waals surface area contributed by atoms with Crippen molar-refractivity contribution in [2.45, 2.75) is 52.1 Å². The van der Waals surface area contributed by atoms with Gasteiger partial charge in [0.25, 0.3) is 0 Å². The monoisotopic (exact) mass is 328 g/mol. The average Bonchev–Trinajstić information content (AvgIpc) is 2.59. The second kappa shape index (κ2) is 8.48. The van der Waals surface area contributed by atoms with E-state index >= 15 is 0 Å². The highest BCUT2D eigenvalue weighted by atomic mass is 16.5. The standard InChI is InChI=1S/C20H24O4/c1-3-5-6-10-15(4-2)24-20(23)18-16-11-8-7-9-14(16)12-13-17(18)19(21)22/h7-9,11-13,15H,3-6,10H2,1-2H3,(H,21,22). The van der Waals surface area contributed by atoms with Crippen LogP contribution < -0.4 is 0 Å². The van der Waals surface area contributed by atoms with Crippen LogP contribution in [0.3, 0.4) is 0 Å². The summed E-state index contributed by atoms with van der Waals surface area (Å²) >= 11 is 0. The first-order valence-electron chi connectivity index (χ1n) is 8.54. The molecule has 0 aliphatic rings. The highest BCUT2D eigenvalue weighted by Crippen LogP contribution is 2.25. The molecule has 4 nitrogen and oxygen atoms in total. The summed E-state index contributed by atoms with van der Waals surface area (Å²) in [6.45, 7) is 4.10. The summed E-state index contributed by atoms with van der Waals surface area (Å²) in [5.74, 6) is -1.67. The van der Waals surface area contributed by atoms with Crippen LogP contribution in [0.4, 0.5) is 0 Å². The number of ether oxygens (including phenoxy) is 1. The van der Waals surface area contributed by atoms with Gasteiger partial charge in [-0.15, -0.1) is 0 Å². The van der Waals surface area contributed by atoms with E-state index in [9.17, 15) is 14.7 Å². The molecule has 4 heteroatoms. The molecule has 1 atom stereocenters. The van der Waals surface area contributed by atoms with Crippen molar-refractivity contribution < 1.29 is 19.4 Å². The molecule has 1 N–H and O–H groups in total. The number of hydrogen-bond acceptors (Lipinski definition) is 3. The third kappa shape index (κ3) is 4.13. The fraction of sp³-hybridized carbons (Fsp3) is 0.400. The first-order chi connectivity index (χ1) is 11.6. The largest absolute Gasteiger partial charge is 0.478 e. The number of aromatic carboxylic acids is 1. The number of fused-ring (bicyclic) bond motifs is 1. The van der Waals surface area contributed by atoms with Crippen LogP contribution in [0, 0.1) is 0 Å². The summed E-state index contributed by atoms with van der Waals surface area (Å²) in [5.41, 5.74) is 0.136. The van der Waals surface area contributed by atoms with Gasteiger partial charge >= 0.3 is 11.9 Å². The van der Waals surface area contributed by atoms with Gasteiger partial charge in [0.15, 0.2) is 0 Å². The lowest BCUT2D eigenvalue weighted by atomic mass is 9.98. The Bertz CT molecular complexity index is 721. The molecular formula is C20H24O4. The van der Waals surface area contributed by atoms with E-state index in [0.717, 1.165) is 37.5 Å². The van der Waals surface area contributed by atoms with Crippen molar-refractivity contribution in [3.8, 4) is 0 Å². The number of benzene rings is 2. The molecule has 24 heavy (non-hydrogen) atoms. The van der Waals surface area contributed by atoms with Gasteiger partial charge < -0.3 is 9.84 Å². The van der Waals surface area contributed by atoms with Gasteiger partial charge in [-0.2, -0.15) is 0 Å². The third-order valence-electron chi connectivity index (χ3n) is 4.22. The normalized spacial score (nSPS) is 12.1. The summed E-state index contributed by atoms with van der Waals surface area (Å²) < 4.78 is 5.63. The van der Waals surface area contributed by atoms with Crippen LogP contribution in [0.15, 0.2) is 36.4 Å². The minimum absolute atomic E-state index is 0.0119. The number of carboxylic acid groups (broad SMARTS) is 1. The number of carbonyl (C=O) groups is 2. The van der Waals surface area contributed by atoms with E-state index < -0.39 is 11.9 Å². The van der Waals surface area contributed by atoms with Crippen LogP contribution in [-0.4, -0.2) is 23.1 Å². The van der Waals surface area contributed by atoms with Crippen molar-refractivity contribution in [1.29, 1.82) is 0 Å². The third-order valence-corrected chi connectivity index (χ3v) is 4.22. The van der Waals surface area contributed by atoms with Gasteiger partial charge in [-0.05, 0) is 36.1 Å². The van der Waals surface area contributed by atoms with Crippen molar-refractivity contribution >= 4 is 22.7 Å². The molecule has 0 fully saturated rings. The van der Waals surface area contributed by atoms with Gasteiger partial charge in [0.2, 0.25) is 0 Å². The lowest BCUT2D eigenvalue weighted by molar-refractivity contribution is 0.0264. The summed E-state index contributed by atoms with van der Waals surface area (Å²) in [4.78, 5) is 24.2. The number of hydrogen-bond donors (Lipinski definition) is 1. The molecule has 2 aromatic rings. The molecule has 0 aliphatic carbocycles. The van der Waals surface area contributed by atoms with Crippen LogP contribution in [0.25, 0.3) is 10.8 Å². The number of carbonyl (C=O) groups excluding carboxylic acids is 1. The number of unbranched alkanes of at least 4 members (excludes halogenated alkanes) is 2. The zero-order valence-electron chi connectivity index (χ0n) is 14.2. The van der Waals surface area contributed by atoms with E-state index in [1.807, 2.05) is 19.1 Å². The molecule has 0 saturated carbocycles. The van der Waals surface area contributed by atoms with Gasteiger partial charge in [0, 0.05) is 0 Å². The van der Waals surface area contributed by atoms with Crippen molar-refractivity contribution in [1.82, 2.24) is 0 Å². The molecule has 2 aromatic carbocycles. The van der Waals surface area contributed by atoms with Crippen molar-refractivity contribution in [3.05, 3.63) is 47.5 Å². The second-order valence-corrected chi connectivity index (χ2v) is 5.95. The topological polar surface area (TPSA) is 63.6 Å². The predicted octanol–water partition coefficient (Wildman–Crippen LogP) is 5.05.